The van der Waals surface area contributed by atoms with Crippen molar-refractivity contribution in [1.82, 2.24) is 0 Å². The van der Waals surface area contributed by atoms with Gasteiger partial charge in [0.05, 0.1) is 0 Å². The molecular formula is C7H15BO3. The van der Waals surface area contributed by atoms with Crippen LogP contribution in [0.1, 0.15) is 13.3 Å². The Kier molecular flexibility index (Phi) is 3.90. The predicted molar refractivity (Wildman–Crippen MR) is 43.3 cm³/mol. The highest BCUT2D eigenvalue weighted by molar-refractivity contribution is 6.44. The molecule has 0 bridgehead atoms. The van der Waals surface area contributed by atoms with Gasteiger partial charge in [0.1, 0.15) is 0 Å². The van der Waals surface area contributed by atoms with E-state index in [2.05, 4.69) is 0 Å². The molecule has 0 aromatic carbocycles. The molecule has 11 heavy (non-hydrogen) atoms. The summed E-state index contributed by atoms with van der Waals surface area (Å²) in [6.45, 7) is 3.79. The molecule has 1 rings (SSSR count). The number of rotatable bonds is 3. The smallest absolute Gasteiger partial charge is 0.411 e. The molecular weight excluding hydrogens is 143 g/mol. The van der Waals surface area contributed by atoms with Crippen LogP contribution in [-0.4, -0.2) is 32.0 Å². The molecule has 0 radical (unpaired) electrons. The molecule has 0 saturated carbocycles. The molecule has 1 atom stereocenters. The maximum atomic E-state index is 8.75. The SMILES string of the molecule is C[C@@H](CO)CB1OCCCO1. The summed E-state index contributed by atoms with van der Waals surface area (Å²) < 4.78 is 10.6. The summed E-state index contributed by atoms with van der Waals surface area (Å²) in [5.74, 6) is 0.276. The van der Waals surface area contributed by atoms with Crippen molar-refractivity contribution in [3.05, 3.63) is 0 Å². The van der Waals surface area contributed by atoms with Crippen molar-refractivity contribution >= 4 is 7.12 Å². The Morgan fingerprint density at radius 2 is 2.09 bits per heavy atom. The molecule has 1 N–H and O–H groups in total. The van der Waals surface area contributed by atoms with E-state index in [0.717, 1.165) is 26.0 Å². The zero-order valence-corrected chi connectivity index (χ0v) is 6.95. The molecule has 1 heterocycles. The third kappa shape index (κ3) is 3.23. The molecule has 64 valence electrons. The zero-order chi connectivity index (χ0) is 8.10. The Balaban J connectivity index is 2.13. The molecule has 1 saturated heterocycles. The molecule has 1 fully saturated rings. The topological polar surface area (TPSA) is 38.7 Å². The molecule has 3 nitrogen and oxygen atoms in total. The highest BCUT2D eigenvalue weighted by atomic mass is 16.6. The minimum atomic E-state index is -0.0779. The van der Waals surface area contributed by atoms with Crippen LogP contribution in [0.5, 0.6) is 0 Å². The minimum Gasteiger partial charge on any atom is -0.411 e. The molecule has 0 amide bonds. The quantitative estimate of drug-likeness (QED) is 0.609. The van der Waals surface area contributed by atoms with Crippen molar-refractivity contribution in [2.45, 2.75) is 19.7 Å². The van der Waals surface area contributed by atoms with Crippen LogP contribution in [0.4, 0.5) is 0 Å². The Hall–Kier alpha value is -0.0551. The van der Waals surface area contributed by atoms with Crippen LogP contribution in [0, 0.1) is 5.92 Å². The highest BCUT2D eigenvalue weighted by Gasteiger charge is 2.23. The van der Waals surface area contributed by atoms with Gasteiger partial charge in [-0.2, -0.15) is 0 Å². The lowest BCUT2D eigenvalue weighted by Crippen LogP contribution is -2.31. The standard InChI is InChI=1S/C7H15BO3/c1-7(6-9)5-8-10-3-2-4-11-8/h7,9H,2-6H2,1H3/t7-/m1/s1. The van der Waals surface area contributed by atoms with Gasteiger partial charge >= 0.3 is 7.12 Å². The Morgan fingerprint density at radius 3 is 2.64 bits per heavy atom. The first kappa shape index (κ1) is 9.04. The lowest BCUT2D eigenvalue weighted by molar-refractivity contribution is 0.127. The molecule has 1 aliphatic rings. The fourth-order valence-electron chi connectivity index (χ4n) is 1.08. The van der Waals surface area contributed by atoms with Crippen molar-refractivity contribution in [3.63, 3.8) is 0 Å². The zero-order valence-electron chi connectivity index (χ0n) is 6.95. The summed E-state index contributed by atoms with van der Waals surface area (Å²) in [6, 6.07) is 0. The third-order valence-corrected chi connectivity index (χ3v) is 1.80. The summed E-state index contributed by atoms with van der Waals surface area (Å²) in [4.78, 5) is 0. The average Bonchev–Trinajstić information content (AvgIpc) is 2.06. The van der Waals surface area contributed by atoms with Gasteiger partial charge in [-0.3, -0.25) is 0 Å². The molecule has 1 aliphatic heterocycles. The van der Waals surface area contributed by atoms with E-state index in [0.29, 0.717) is 0 Å². The first-order valence-electron chi connectivity index (χ1n) is 4.17. The van der Waals surface area contributed by atoms with Crippen molar-refractivity contribution in [1.29, 1.82) is 0 Å². The van der Waals surface area contributed by atoms with Gasteiger partial charge in [-0.15, -0.1) is 0 Å². The van der Waals surface area contributed by atoms with Crippen LogP contribution in [0.3, 0.4) is 0 Å². The van der Waals surface area contributed by atoms with E-state index in [1.165, 1.54) is 0 Å². The van der Waals surface area contributed by atoms with Crippen LogP contribution in [0.15, 0.2) is 0 Å². The predicted octanol–water partition coefficient (Wildman–Crippen LogP) is 0.540. The van der Waals surface area contributed by atoms with Crippen molar-refractivity contribution < 1.29 is 14.4 Å². The van der Waals surface area contributed by atoms with Crippen LogP contribution < -0.4 is 0 Å². The lowest BCUT2D eigenvalue weighted by Gasteiger charge is -2.21. The molecule has 0 aromatic rings. The third-order valence-electron chi connectivity index (χ3n) is 1.80. The number of aliphatic hydroxyl groups is 1. The Morgan fingerprint density at radius 1 is 1.45 bits per heavy atom. The second-order valence-electron chi connectivity index (χ2n) is 3.05. The summed E-state index contributed by atoms with van der Waals surface area (Å²) in [6.07, 6.45) is 1.79. The average molecular weight is 158 g/mol. The van der Waals surface area contributed by atoms with Gasteiger partial charge in [-0.1, -0.05) is 6.92 Å². The Bertz CT molecular complexity index is 104. The van der Waals surface area contributed by atoms with E-state index in [9.17, 15) is 0 Å². The fraction of sp³-hybridized carbons (Fsp3) is 1.00. The monoisotopic (exact) mass is 158 g/mol. The first-order chi connectivity index (χ1) is 5.33. The summed E-state index contributed by atoms with van der Waals surface area (Å²) in [5, 5.41) is 8.75. The van der Waals surface area contributed by atoms with Crippen molar-refractivity contribution in [3.8, 4) is 0 Å². The van der Waals surface area contributed by atoms with Crippen LogP contribution in [0.25, 0.3) is 0 Å². The van der Waals surface area contributed by atoms with E-state index in [1.807, 2.05) is 6.92 Å². The van der Waals surface area contributed by atoms with Gasteiger partial charge in [0.2, 0.25) is 0 Å². The second kappa shape index (κ2) is 4.75. The van der Waals surface area contributed by atoms with Gasteiger partial charge in [0.25, 0.3) is 0 Å². The molecule has 0 aromatic heterocycles. The van der Waals surface area contributed by atoms with Gasteiger partial charge in [-0.25, -0.2) is 0 Å². The van der Waals surface area contributed by atoms with Crippen LogP contribution >= 0.6 is 0 Å². The second-order valence-corrected chi connectivity index (χ2v) is 3.05. The Labute approximate surface area is 67.8 Å². The number of hydrogen-bond acceptors (Lipinski definition) is 3. The number of aliphatic hydroxyl groups excluding tert-OH is 1. The molecule has 4 heteroatoms. The molecule has 0 aliphatic carbocycles. The van der Waals surface area contributed by atoms with Crippen LogP contribution in [0.2, 0.25) is 6.32 Å². The largest absolute Gasteiger partial charge is 0.457 e. The van der Waals surface area contributed by atoms with Gasteiger partial charge < -0.3 is 14.4 Å². The van der Waals surface area contributed by atoms with Gasteiger partial charge in [0, 0.05) is 19.8 Å². The lowest BCUT2D eigenvalue weighted by atomic mass is 9.77. The van der Waals surface area contributed by atoms with E-state index in [-0.39, 0.29) is 19.6 Å². The number of hydrogen-bond donors (Lipinski definition) is 1. The normalized spacial score (nSPS) is 21.8. The van der Waals surface area contributed by atoms with Crippen molar-refractivity contribution in [2.75, 3.05) is 19.8 Å². The van der Waals surface area contributed by atoms with Gasteiger partial charge in [0.15, 0.2) is 0 Å². The van der Waals surface area contributed by atoms with E-state index in [4.69, 9.17) is 14.4 Å². The first-order valence-corrected chi connectivity index (χ1v) is 4.17. The minimum absolute atomic E-state index is 0.0779. The summed E-state index contributed by atoms with van der Waals surface area (Å²) in [7, 11) is -0.0779. The van der Waals surface area contributed by atoms with Crippen LogP contribution in [-0.2, 0) is 9.31 Å². The van der Waals surface area contributed by atoms with Crippen molar-refractivity contribution in [2.24, 2.45) is 5.92 Å². The van der Waals surface area contributed by atoms with E-state index in [1.54, 1.807) is 0 Å². The fourth-order valence-corrected chi connectivity index (χ4v) is 1.08. The molecule has 0 unspecified atom stereocenters. The van der Waals surface area contributed by atoms with E-state index >= 15 is 0 Å². The molecule has 0 spiro atoms. The highest BCUT2D eigenvalue weighted by Crippen LogP contribution is 2.11. The maximum absolute atomic E-state index is 8.75. The summed E-state index contributed by atoms with van der Waals surface area (Å²) in [5.41, 5.74) is 0. The summed E-state index contributed by atoms with van der Waals surface area (Å²) >= 11 is 0. The maximum Gasteiger partial charge on any atom is 0.457 e. The van der Waals surface area contributed by atoms with E-state index < -0.39 is 0 Å². The van der Waals surface area contributed by atoms with Gasteiger partial charge in [-0.05, 0) is 18.7 Å².